The maximum atomic E-state index is 5.01. The van der Waals surface area contributed by atoms with E-state index in [1.165, 1.54) is 13.0 Å². The van der Waals surface area contributed by atoms with Crippen LogP contribution in [0, 0.1) is 6.92 Å². The zero-order valence-electron chi connectivity index (χ0n) is 8.66. The smallest absolute Gasteiger partial charge is 0.240 e. The van der Waals surface area contributed by atoms with Crippen LogP contribution in [0.5, 0.6) is 0 Å². The van der Waals surface area contributed by atoms with E-state index in [1.54, 1.807) is 0 Å². The van der Waals surface area contributed by atoms with Crippen LogP contribution in [0.4, 0.5) is 0 Å². The van der Waals surface area contributed by atoms with Crippen molar-refractivity contribution in [1.82, 2.24) is 20.4 Å². The van der Waals surface area contributed by atoms with E-state index in [2.05, 4.69) is 27.4 Å². The normalized spacial score (nSPS) is 23.1. The fourth-order valence-electron chi connectivity index (χ4n) is 1.75. The molecule has 1 aromatic heterocycles. The van der Waals surface area contributed by atoms with Gasteiger partial charge in [0.05, 0.1) is 6.54 Å². The number of hydrogen-bond donors (Lipinski definition) is 1. The van der Waals surface area contributed by atoms with Crippen LogP contribution in [0.15, 0.2) is 4.52 Å². The molecule has 1 saturated heterocycles. The fourth-order valence-corrected chi connectivity index (χ4v) is 1.75. The van der Waals surface area contributed by atoms with Crippen molar-refractivity contribution in [3.8, 4) is 0 Å². The fraction of sp³-hybridized carbons (Fsp3) is 0.778. The van der Waals surface area contributed by atoms with Gasteiger partial charge in [-0.3, -0.25) is 0 Å². The van der Waals surface area contributed by atoms with Crippen LogP contribution in [0.2, 0.25) is 0 Å². The number of nitrogens with one attached hydrogen (secondary N) is 1. The Bertz CT molecular complexity index is 299. The van der Waals surface area contributed by atoms with Gasteiger partial charge in [0.2, 0.25) is 5.89 Å². The largest absolute Gasteiger partial charge is 0.338 e. The van der Waals surface area contributed by atoms with Gasteiger partial charge in [0, 0.05) is 12.6 Å². The summed E-state index contributed by atoms with van der Waals surface area (Å²) in [6.07, 6.45) is 1.20. The number of likely N-dealkylation sites (tertiary alicyclic amines) is 1. The molecular weight excluding hydrogens is 180 g/mol. The van der Waals surface area contributed by atoms with Crippen LogP contribution in [0.3, 0.4) is 0 Å². The lowest BCUT2D eigenvalue weighted by molar-refractivity contribution is 0.349. The van der Waals surface area contributed by atoms with E-state index in [1.807, 2.05) is 6.92 Å². The first-order chi connectivity index (χ1) is 6.74. The van der Waals surface area contributed by atoms with Crippen molar-refractivity contribution >= 4 is 0 Å². The third-order valence-corrected chi connectivity index (χ3v) is 2.50. The minimum absolute atomic E-state index is 0.562. The van der Waals surface area contributed by atoms with Gasteiger partial charge in [-0.1, -0.05) is 5.16 Å². The Kier molecular flexibility index (Phi) is 2.79. The molecule has 14 heavy (non-hydrogen) atoms. The molecule has 1 aliphatic rings. The number of likely N-dealkylation sites (N-methyl/N-ethyl adjacent to an activating group) is 1. The number of rotatable bonds is 3. The Morgan fingerprint density at radius 1 is 1.64 bits per heavy atom. The first kappa shape index (κ1) is 9.61. The second-order valence-electron chi connectivity index (χ2n) is 3.86. The molecule has 0 spiro atoms. The summed E-state index contributed by atoms with van der Waals surface area (Å²) in [6, 6.07) is 0.562. The topological polar surface area (TPSA) is 54.2 Å². The van der Waals surface area contributed by atoms with E-state index in [0.29, 0.717) is 24.3 Å². The third kappa shape index (κ3) is 2.30. The van der Waals surface area contributed by atoms with Gasteiger partial charge in [0.15, 0.2) is 5.82 Å². The van der Waals surface area contributed by atoms with Crippen LogP contribution in [-0.4, -0.2) is 41.2 Å². The molecule has 0 aliphatic carbocycles. The maximum absolute atomic E-state index is 5.01. The van der Waals surface area contributed by atoms with Gasteiger partial charge >= 0.3 is 0 Å². The van der Waals surface area contributed by atoms with Crippen LogP contribution in [-0.2, 0) is 6.54 Å². The molecule has 5 heteroatoms. The second-order valence-corrected chi connectivity index (χ2v) is 3.86. The standard InChI is InChI=1S/C9H16N4O/c1-7-11-9(14-12-7)5-10-8-3-4-13(2)6-8/h8,10H,3-6H2,1-2H3. The highest BCUT2D eigenvalue weighted by Gasteiger charge is 2.19. The Morgan fingerprint density at radius 2 is 2.50 bits per heavy atom. The summed E-state index contributed by atoms with van der Waals surface area (Å²) in [5.41, 5.74) is 0. The predicted octanol–water partition coefficient (Wildman–Crippen LogP) is 0.172. The number of hydrogen-bond acceptors (Lipinski definition) is 5. The van der Waals surface area contributed by atoms with Crippen LogP contribution in [0.25, 0.3) is 0 Å². The van der Waals surface area contributed by atoms with E-state index in [-0.39, 0.29) is 0 Å². The summed E-state index contributed by atoms with van der Waals surface area (Å²) < 4.78 is 5.01. The lowest BCUT2D eigenvalue weighted by Gasteiger charge is -2.10. The molecule has 5 nitrogen and oxygen atoms in total. The van der Waals surface area contributed by atoms with Gasteiger partial charge in [-0.2, -0.15) is 4.98 Å². The molecule has 0 aromatic carbocycles. The van der Waals surface area contributed by atoms with E-state index in [0.717, 1.165) is 6.54 Å². The Labute approximate surface area is 83.5 Å². The molecular formula is C9H16N4O. The Hall–Kier alpha value is -0.940. The van der Waals surface area contributed by atoms with Crippen molar-refractivity contribution in [2.24, 2.45) is 0 Å². The predicted molar refractivity (Wildman–Crippen MR) is 51.8 cm³/mol. The molecule has 0 saturated carbocycles. The van der Waals surface area contributed by atoms with E-state index in [9.17, 15) is 0 Å². The van der Waals surface area contributed by atoms with E-state index >= 15 is 0 Å². The van der Waals surface area contributed by atoms with E-state index in [4.69, 9.17) is 4.52 Å². The molecule has 1 atom stereocenters. The van der Waals surface area contributed by atoms with Gasteiger partial charge in [0.25, 0.3) is 0 Å². The molecule has 0 radical (unpaired) electrons. The van der Waals surface area contributed by atoms with Gasteiger partial charge in [-0.25, -0.2) is 0 Å². The maximum Gasteiger partial charge on any atom is 0.240 e. The van der Waals surface area contributed by atoms with Crippen molar-refractivity contribution in [2.75, 3.05) is 20.1 Å². The van der Waals surface area contributed by atoms with Crippen molar-refractivity contribution in [3.63, 3.8) is 0 Å². The molecule has 2 heterocycles. The zero-order valence-corrected chi connectivity index (χ0v) is 8.66. The molecule has 2 rings (SSSR count). The Morgan fingerprint density at radius 3 is 3.07 bits per heavy atom. The third-order valence-electron chi connectivity index (χ3n) is 2.50. The van der Waals surface area contributed by atoms with Gasteiger partial charge in [-0.15, -0.1) is 0 Å². The number of nitrogens with zero attached hydrogens (tertiary/aromatic N) is 3. The first-order valence-corrected chi connectivity index (χ1v) is 4.95. The molecule has 0 amide bonds. The van der Waals surface area contributed by atoms with Crippen LogP contribution >= 0.6 is 0 Å². The summed E-state index contributed by atoms with van der Waals surface area (Å²) in [5, 5.41) is 7.14. The molecule has 1 aliphatic heterocycles. The lowest BCUT2D eigenvalue weighted by atomic mass is 10.2. The van der Waals surface area contributed by atoms with E-state index < -0.39 is 0 Å². The quantitative estimate of drug-likeness (QED) is 0.747. The molecule has 1 aromatic rings. The summed E-state index contributed by atoms with van der Waals surface area (Å²) >= 11 is 0. The van der Waals surface area contributed by atoms with Gasteiger partial charge in [0.1, 0.15) is 0 Å². The highest BCUT2D eigenvalue weighted by atomic mass is 16.5. The van der Waals surface area contributed by atoms with Crippen molar-refractivity contribution in [1.29, 1.82) is 0 Å². The molecule has 78 valence electrons. The number of aromatic nitrogens is 2. The lowest BCUT2D eigenvalue weighted by Crippen LogP contribution is -2.31. The molecule has 0 bridgehead atoms. The van der Waals surface area contributed by atoms with Crippen molar-refractivity contribution in [3.05, 3.63) is 11.7 Å². The highest BCUT2D eigenvalue weighted by molar-refractivity contribution is 4.85. The highest BCUT2D eigenvalue weighted by Crippen LogP contribution is 2.06. The monoisotopic (exact) mass is 196 g/mol. The van der Waals surface area contributed by atoms with Gasteiger partial charge in [-0.05, 0) is 26.9 Å². The average molecular weight is 196 g/mol. The Balaban J connectivity index is 1.77. The average Bonchev–Trinajstić information content (AvgIpc) is 2.72. The summed E-state index contributed by atoms with van der Waals surface area (Å²) in [4.78, 5) is 6.45. The van der Waals surface area contributed by atoms with Crippen molar-refractivity contribution in [2.45, 2.75) is 25.9 Å². The second kappa shape index (κ2) is 4.06. The molecule has 1 unspecified atom stereocenters. The minimum atomic E-state index is 0.562. The zero-order chi connectivity index (χ0) is 9.97. The molecule has 1 fully saturated rings. The minimum Gasteiger partial charge on any atom is -0.338 e. The first-order valence-electron chi connectivity index (χ1n) is 4.95. The SMILES string of the molecule is Cc1noc(CNC2CCN(C)C2)n1. The van der Waals surface area contributed by atoms with Crippen LogP contribution < -0.4 is 5.32 Å². The van der Waals surface area contributed by atoms with Crippen molar-refractivity contribution < 1.29 is 4.52 Å². The molecule has 1 N–H and O–H groups in total. The number of aryl methyl sites for hydroxylation is 1. The summed E-state index contributed by atoms with van der Waals surface area (Å²) in [5.74, 6) is 1.38. The van der Waals surface area contributed by atoms with Crippen LogP contribution in [0.1, 0.15) is 18.1 Å². The summed E-state index contributed by atoms with van der Waals surface area (Å²) in [7, 11) is 2.14. The summed E-state index contributed by atoms with van der Waals surface area (Å²) in [6.45, 7) is 4.78. The van der Waals surface area contributed by atoms with Gasteiger partial charge < -0.3 is 14.7 Å².